The van der Waals surface area contributed by atoms with Gasteiger partial charge in [0.2, 0.25) is 0 Å². The predicted octanol–water partition coefficient (Wildman–Crippen LogP) is 1.71. The van der Waals surface area contributed by atoms with E-state index in [0.717, 1.165) is 0 Å². The van der Waals surface area contributed by atoms with Crippen molar-refractivity contribution >= 4 is 28.8 Å². The first-order valence-corrected chi connectivity index (χ1v) is 4.49. The van der Waals surface area contributed by atoms with Gasteiger partial charge in [-0.05, 0) is 0 Å². The van der Waals surface area contributed by atoms with Gasteiger partial charge in [0.05, 0.1) is 5.51 Å². The van der Waals surface area contributed by atoms with Crippen LogP contribution in [0.15, 0.2) is 18.2 Å². The van der Waals surface area contributed by atoms with Crippen LogP contribution in [-0.2, 0) is 0 Å². The molecule has 0 unspecified atom stereocenters. The lowest BCUT2D eigenvalue weighted by molar-refractivity contribution is 0.0962. The van der Waals surface area contributed by atoms with Crippen molar-refractivity contribution in [3.63, 3.8) is 0 Å². The molecule has 0 saturated carbocycles. The third kappa shape index (κ3) is 2.06. The number of hydrogen-bond donors (Lipinski definition) is 1. The molecule has 3 nitrogen and oxygen atoms in total. The van der Waals surface area contributed by atoms with E-state index in [9.17, 15) is 4.79 Å². The Morgan fingerprint density at radius 2 is 2.67 bits per heavy atom. The van der Waals surface area contributed by atoms with Crippen LogP contribution in [-0.4, -0.2) is 17.4 Å². The van der Waals surface area contributed by atoms with E-state index < -0.39 is 0 Å². The molecular formula is C7H7ClN2OS. The van der Waals surface area contributed by atoms with E-state index in [1.165, 1.54) is 16.8 Å². The van der Waals surface area contributed by atoms with Gasteiger partial charge in [-0.1, -0.05) is 17.7 Å². The van der Waals surface area contributed by atoms with Crippen molar-refractivity contribution in [1.82, 2.24) is 10.3 Å². The van der Waals surface area contributed by atoms with Gasteiger partial charge >= 0.3 is 0 Å². The summed E-state index contributed by atoms with van der Waals surface area (Å²) in [7, 11) is 0. The monoisotopic (exact) mass is 202 g/mol. The zero-order valence-electron chi connectivity index (χ0n) is 6.21. The number of amides is 1. The van der Waals surface area contributed by atoms with Gasteiger partial charge in [0.15, 0.2) is 5.15 Å². The Morgan fingerprint density at radius 1 is 1.92 bits per heavy atom. The quantitative estimate of drug-likeness (QED) is 0.759. The van der Waals surface area contributed by atoms with Gasteiger partial charge in [-0.15, -0.1) is 17.9 Å². The second-order valence-corrected chi connectivity index (χ2v) is 3.18. The Kier molecular flexibility index (Phi) is 3.25. The topological polar surface area (TPSA) is 42.0 Å². The summed E-state index contributed by atoms with van der Waals surface area (Å²) in [6, 6.07) is 0. The molecule has 0 aliphatic rings. The summed E-state index contributed by atoms with van der Waals surface area (Å²) < 4.78 is 0. The van der Waals surface area contributed by atoms with E-state index in [0.29, 0.717) is 11.4 Å². The van der Waals surface area contributed by atoms with Crippen molar-refractivity contribution in [2.45, 2.75) is 0 Å². The fraction of sp³-hybridized carbons (Fsp3) is 0.143. The zero-order valence-corrected chi connectivity index (χ0v) is 7.78. The lowest BCUT2D eigenvalue weighted by Crippen LogP contribution is -2.22. The Morgan fingerprint density at radius 3 is 3.17 bits per heavy atom. The summed E-state index contributed by atoms with van der Waals surface area (Å²) in [5.74, 6) is -0.206. The first-order valence-electron chi connectivity index (χ1n) is 3.23. The maximum absolute atomic E-state index is 11.2. The van der Waals surface area contributed by atoms with Gasteiger partial charge < -0.3 is 5.32 Å². The Bertz CT molecular complexity index is 297. The van der Waals surface area contributed by atoms with Crippen molar-refractivity contribution in [2.24, 2.45) is 0 Å². The van der Waals surface area contributed by atoms with Crippen LogP contribution in [0.1, 0.15) is 9.67 Å². The molecule has 0 aliphatic heterocycles. The van der Waals surface area contributed by atoms with Crippen molar-refractivity contribution in [3.8, 4) is 0 Å². The molecule has 1 aromatic heterocycles. The average molecular weight is 203 g/mol. The van der Waals surface area contributed by atoms with Crippen LogP contribution in [0, 0.1) is 0 Å². The van der Waals surface area contributed by atoms with Crippen LogP contribution >= 0.6 is 22.9 Å². The van der Waals surface area contributed by atoms with E-state index in [2.05, 4.69) is 16.9 Å². The van der Waals surface area contributed by atoms with Gasteiger partial charge in [0.1, 0.15) is 4.88 Å². The molecule has 0 fully saturated rings. The van der Waals surface area contributed by atoms with Crippen molar-refractivity contribution in [2.75, 3.05) is 6.54 Å². The normalized spacial score (nSPS) is 9.42. The molecular weight excluding hydrogens is 196 g/mol. The highest BCUT2D eigenvalue weighted by atomic mass is 35.5. The smallest absolute Gasteiger partial charge is 0.264 e. The molecule has 1 heterocycles. The van der Waals surface area contributed by atoms with E-state index in [1.54, 1.807) is 6.08 Å². The molecule has 0 radical (unpaired) electrons. The summed E-state index contributed by atoms with van der Waals surface area (Å²) >= 11 is 6.84. The third-order valence-corrected chi connectivity index (χ3v) is 2.36. The van der Waals surface area contributed by atoms with Gasteiger partial charge in [0.25, 0.3) is 5.91 Å². The summed E-state index contributed by atoms with van der Waals surface area (Å²) in [5.41, 5.74) is 1.53. The molecule has 64 valence electrons. The molecule has 0 aromatic carbocycles. The largest absolute Gasteiger partial charge is 0.348 e. The molecule has 0 aliphatic carbocycles. The second-order valence-electron chi connectivity index (χ2n) is 1.97. The van der Waals surface area contributed by atoms with Crippen molar-refractivity contribution < 1.29 is 4.79 Å². The molecule has 0 atom stereocenters. The number of halogens is 1. The SMILES string of the molecule is C=CCNC(=O)c1scnc1Cl. The minimum Gasteiger partial charge on any atom is -0.348 e. The lowest BCUT2D eigenvalue weighted by Gasteiger charge is -1.97. The van der Waals surface area contributed by atoms with Crippen molar-refractivity contribution in [3.05, 3.63) is 28.2 Å². The van der Waals surface area contributed by atoms with Gasteiger partial charge in [-0.3, -0.25) is 4.79 Å². The number of carbonyl (C=O) groups is 1. The standard InChI is InChI=1S/C7H7ClN2OS/c1-2-3-9-7(11)5-6(8)10-4-12-5/h2,4H,1,3H2,(H,9,11). The van der Waals surface area contributed by atoms with Crippen LogP contribution in [0.3, 0.4) is 0 Å². The predicted molar refractivity (Wildman–Crippen MR) is 49.7 cm³/mol. The average Bonchev–Trinajstić information content (AvgIpc) is 2.47. The van der Waals surface area contributed by atoms with Crippen LogP contribution in [0.2, 0.25) is 5.15 Å². The van der Waals surface area contributed by atoms with Crippen LogP contribution in [0.4, 0.5) is 0 Å². The van der Waals surface area contributed by atoms with E-state index in [1.807, 2.05) is 0 Å². The highest BCUT2D eigenvalue weighted by Gasteiger charge is 2.11. The number of nitrogens with zero attached hydrogens (tertiary/aromatic N) is 1. The van der Waals surface area contributed by atoms with Crippen LogP contribution < -0.4 is 5.32 Å². The van der Waals surface area contributed by atoms with Gasteiger partial charge in [-0.25, -0.2) is 4.98 Å². The number of hydrogen-bond acceptors (Lipinski definition) is 3. The summed E-state index contributed by atoms with van der Waals surface area (Å²) in [6.07, 6.45) is 1.60. The molecule has 0 spiro atoms. The summed E-state index contributed by atoms with van der Waals surface area (Å²) in [6.45, 7) is 3.91. The van der Waals surface area contributed by atoms with Gasteiger partial charge in [-0.2, -0.15) is 0 Å². The third-order valence-electron chi connectivity index (χ3n) is 1.14. The van der Waals surface area contributed by atoms with E-state index in [-0.39, 0.29) is 11.1 Å². The Labute approximate surface area is 79.1 Å². The second kappa shape index (κ2) is 4.23. The first kappa shape index (κ1) is 9.22. The van der Waals surface area contributed by atoms with E-state index in [4.69, 9.17) is 11.6 Å². The molecule has 12 heavy (non-hydrogen) atoms. The number of nitrogens with one attached hydrogen (secondary N) is 1. The lowest BCUT2D eigenvalue weighted by atomic mass is 10.5. The maximum atomic E-state index is 11.2. The Balaban J connectivity index is 2.65. The molecule has 0 saturated heterocycles. The summed E-state index contributed by atoms with van der Waals surface area (Å²) in [4.78, 5) is 15.4. The number of aromatic nitrogens is 1. The molecule has 5 heteroatoms. The molecule has 1 amide bonds. The van der Waals surface area contributed by atoms with E-state index >= 15 is 0 Å². The highest BCUT2D eigenvalue weighted by molar-refractivity contribution is 7.12. The molecule has 1 N–H and O–H groups in total. The minimum atomic E-state index is -0.206. The highest BCUT2D eigenvalue weighted by Crippen LogP contribution is 2.17. The van der Waals surface area contributed by atoms with Crippen LogP contribution in [0.25, 0.3) is 0 Å². The fourth-order valence-corrected chi connectivity index (χ4v) is 1.54. The Hall–Kier alpha value is -0.870. The maximum Gasteiger partial charge on any atom is 0.264 e. The molecule has 1 aromatic rings. The first-order chi connectivity index (χ1) is 5.75. The number of thiazole rings is 1. The summed E-state index contributed by atoms with van der Waals surface area (Å²) in [5, 5.41) is 2.86. The van der Waals surface area contributed by atoms with Crippen molar-refractivity contribution in [1.29, 1.82) is 0 Å². The van der Waals surface area contributed by atoms with Gasteiger partial charge in [0, 0.05) is 6.54 Å². The zero-order chi connectivity index (χ0) is 8.97. The van der Waals surface area contributed by atoms with Crippen LogP contribution in [0.5, 0.6) is 0 Å². The minimum absolute atomic E-state index is 0.206. The number of rotatable bonds is 3. The fourth-order valence-electron chi connectivity index (χ4n) is 0.625. The number of carbonyl (C=O) groups excluding carboxylic acids is 1. The molecule has 0 bridgehead atoms. The molecule has 1 rings (SSSR count).